The van der Waals surface area contributed by atoms with Gasteiger partial charge in [-0.1, -0.05) is 0 Å². The lowest BCUT2D eigenvalue weighted by atomic mass is 10.4. The van der Waals surface area contributed by atoms with Crippen LogP contribution in [0.5, 0.6) is 0 Å². The second-order valence-corrected chi connectivity index (χ2v) is 2.62. The van der Waals surface area contributed by atoms with E-state index < -0.39 is 0 Å². The van der Waals surface area contributed by atoms with E-state index in [-0.39, 0.29) is 0 Å². The van der Waals surface area contributed by atoms with Gasteiger partial charge in [-0.15, -0.1) is 0 Å². The first-order valence-electron chi connectivity index (χ1n) is 4.56. The third-order valence-corrected chi connectivity index (χ3v) is 1.49. The lowest BCUT2D eigenvalue weighted by Crippen LogP contribution is -2.18. The Morgan fingerprint density at radius 2 is 2.08 bits per heavy atom. The first kappa shape index (κ1) is 12.4. The van der Waals surface area contributed by atoms with Gasteiger partial charge in [0.25, 0.3) is 0 Å². The largest absolute Gasteiger partial charge is 0.382 e. The first-order valence-corrected chi connectivity index (χ1v) is 4.56. The van der Waals surface area contributed by atoms with Crippen LogP contribution in [-0.2, 0) is 9.47 Å². The quantitative estimate of drug-likeness (QED) is 0.534. The van der Waals surface area contributed by atoms with Gasteiger partial charge in [-0.2, -0.15) is 5.26 Å². The molecule has 0 radical (unpaired) electrons. The summed E-state index contributed by atoms with van der Waals surface area (Å²) in [5, 5.41) is 11.4. The van der Waals surface area contributed by atoms with Crippen LogP contribution in [0.1, 0.15) is 12.8 Å². The Balaban J connectivity index is 2.80. The molecule has 0 fully saturated rings. The minimum Gasteiger partial charge on any atom is -0.382 e. The molecule has 1 N–H and O–H groups in total. The second-order valence-electron chi connectivity index (χ2n) is 2.62. The number of ether oxygens (including phenoxy) is 2. The van der Waals surface area contributed by atoms with Gasteiger partial charge >= 0.3 is 0 Å². The minimum atomic E-state index is 0.574. The molecule has 0 aromatic rings. The van der Waals surface area contributed by atoms with Gasteiger partial charge in [0.15, 0.2) is 0 Å². The van der Waals surface area contributed by atoms with Crippen LogP contribution in [0.15, 0.2) is 0 Å². The van der Waals surface area contributed by atoms with Gasteiger partial charge < -0.3 is 14.8 Å². The third kappa shape index (κ3) is 11.4. The summed E-state index contributed by atoms with van der Waals surface area (Å²) < 4.78 is 10.1. The predicted octanol–water partition coefficient (Wildman–Crippen LogP) is 0.543. The Labute approximate surface area is 79.8 Å². The number of methoxy groups -OCH3 is 1. The lowest BCUT2D eigenvalue weighted by Gasteiger charge is -2.03. The highest BCUT2D eigenvalue weighted by atomic mass is 16.5. The zero-order valence-corrected chi connectivity index (χ0v) is 8.21. The molecule has 0 heterocycles. The van der Waals surface area contributed by atoms with Crippen molar-refractivity contribution in [3.8, 4) is 6.07 Å². The van der Waals surface area contributed by atoms with Crippen molar-refractivity contribution in [1.29, 1.82) is 5.26 Å². The molecule has 13 heavy (non-hydrogen) atoms. The summed E-state index contributed by atoms with van der Waals surface area (Å²) in [6.45, 7) is 3.75. The highest BCUT2D eigenvalue weighted by molar-refractivity contribution is 4.69. The standard InChI is InChI=1S/C9H18N2O2/c1-12-8-9-13-7-3-6-11-5-2-4-10/h11H,2-3,5-9H2,1H3. The van der Waals surface area contributed by atoms with E-state index >= 15 is 0 Å². The van der Waals surface area contributed by atoms with Crippen molar-refractivity contribution < 1.29 is 9.47 Å². The predicted molar refractivity (Wildman–Crippen MR) is 50.4 cm³/mol. The Kier molecular flexibility index (Phi) is 10.8. The van der Waals surface area contributed by atoms with E-state index in [4.69, 9.17) is 14.7 Å². The Bertz CT molecular complexity index is 134. The fourth-order valence-corrected chi connectivity index (χ4v) is 0.813. The van der Waals surface area contributed by atoms with E-state index in [1.807, 2.05) is 0 Å². The highest BCUT2D eigenvalue weighted by Crippen LogP contribution is 1.81. The topological polar surface area (TPSA) is 54.3 Å². The first-order chi connectivity index (χ1) is 6.41. The summed E-state index contributed by atoms with van der Waals surface area (Å²) in [7, 11) is 1.66. The highest BCUT2D eigenvalue weighted by Gasteiger charge is 1.89. The van der Waals surface area contributed by atoms with Crippen molar-refractivity contribution in [2.24, 2.45) is 0 Å². The molecule has 0 bridgehead atoms. The van der Waals surface area contributed by atoms with Gasteiger partial charge in [0.2, 0.25) is 0 Å². The molecule has 0 saturated heterocycles. The summed E-state index contributed by atoms with van der Waals surface area (Å²) in [5.74, 6) is 0. The summed E-state index contributed by atoms with van der Waals surface area (Å²) in [6.07, 6.45) is 1.56. The summed E-state index contributed by atoms with van der Waals surface area (Å²) in [5.41, 5.74) is 0. The van der Waals surface area contributed by atoms with Crippen molar-refractivity contribution in [3.05, 3.63) is 0 Å². The van der Waals surface area contributed by atoms with Crippen molar-refractivity contribution in [2.75, 3.05) is 40.0 Å². The smallest absolute Gasteiger partial charge is 0.0700 e. The third-order valence-electron chi connectivity index (χ3n) is 1.49. The van der Waals surface area contributed by atoms with E-state index in [0.717, 1.165) is 26.1 Å². The molecular weight excluding hydrogens is 168 g/mol. The van der Waals surface area contributed by atoms with Crippen LogP contribution in [0.25, 0.3) is 0 Å². The molecular formula is C9H18N2O2. The molecule has 0 amide bonds. The van der Waals surface area contributed by atoms with Gasteiger partial charge in [-0.3, -0.25) is 0 Å². The number of rotatable bonds is 9. The molecule has 4 heteroatoms. The fourth-order valence-electron chi connectivity index (χ4n) is 0.813. The zero-order valence-electron chi connectivity index (χ0n) is 8.21. The molecule has 76 valence electrons. The van der Waals surface area contributed by atoms with E-state index in [1.165, 1.54) is 0 Å². The molecule has 0 saturated carbocycles. The second kappa shape index (κ2) is 11.4. The van der Waals surface area contributed by atoms with Crippen LogP contribution in [0.4, 0.5) is 0 Å². The van der Waals surface area contributed by atoms with Crippen LogP contribution < -0.4 is 5.32 Å². The van der Waals surface area contributed by atoms with Crippen molar-refractivity contribution in [1.82, 2.24) is 5.32 Å². The van der Waals surface area contributed by atoms with E-state index in [9.17, 15) is 0 Å². The van der Waals surface area contributed by atoms with Gasteiger partial charge in [0, 0.05) is 26.7 Å². The van der Waals surface area contributed by atoms with Crippen molar-refractivity contribution >= 4 is 0 Å². The van der Waals surface area contributed by atoms with Crippen LogP contribution >= 0.6 is 0 Å². The van der Waals surface area contributed by atoms with Crippen molar-refractivity contribution in [3.63, 3.8) is 0 Å². The fraction of sp³-hybridized carbons (Fsp3) is 0.889. The Morgan fingerprint density at radius 1 is 1.23 bits per heavy atom. The Morgan fingerprint density at radius 3 is 2.77 bits per heavy atom. The van der Waals surface area contributed by atoms with E-state index in [0.29, 0.717) is 19.6 Å². The number of nitriles is 1. The molecule has 0 aromatic carbocycles. The molecule has 0 unspecified atom stereocenters. The van der Waals surface area contributed by atoms with Crippen LogP contribution in [0, 0.1) is 11.3 Å². The SMILES string of the molecule is COCCOCCCNCCC#N. The minimum absolute atomic E-state index is 0.574. The summed E-state index contributed by atoms with van der Waals surface area (Å²) in [4.78, 5) is 0. The molecule has 0 aliphatic heterocycles. The van der Waals surface area contributed by atoms with Crippen molar-refractivity contribution in [2.45, 2.75) is 12.8 Å². The molecule has 0 atom stereocenters. The number of hydrogen-bond donors (Lipinski definition) is 1. The van der Waals surface area contributed by atoms with Crippen LogP contribution in [0.3, 0.4) is 0 Å². The van der Waals surface area contributed by atoms with Gasteiger partial charge in [-0.25, -0.2) is 0 Å². The monoisotopic (exact) mass is 186 g/mol. The van der Waals surface area contributed by atoms with Gasteiger partial charge in [-0.05, 0) is 13.0 Å². The molecule has 0 rings (SSSR count). The molecule has 0 aliphatic carbocycles. The maximum Gasteiger partial charge on any atom is 0.0700 e. The maximum atomic E-state index is 8.24. The molecule has 4 nitrogen and oxygen atoms in total. The summed E-state index contributed by atoms with van der Waals surface area (Å²) in [6, 6.07) is 2.08. The number of nitrogens with one attached hydrogen (secondary N) is 1. The maximum absolute atomic E-state index is 8.24. The molecule has 0 aromatic heterocycles. The van der Waals surface area contributed by atoms with E-state index in [1.54, 1.807) is 7.11 Å². The van der Waals surface area contributed by atoms with Gasteiger partial charge in [0.1, 0.15) is 0 Å². The number of hydrogen-bond acceptors (Lipinski definition) is 4. The zero-order chi connectivity index (χ0) is 9.78. The average Bonchev–Trinajstić information content (AvgIpc) is 2.16. The summed E-state index contributed by atoms with van der Waals surface area (Å²) >= 11 is 0. The normalized spacial score (nSPS) is 9.85. The average molecular weight is 186 g/mol. The lowest BCUT2D eigenvalue weighted by molar-refractivity contribution is 0.0695. The molecule has 0 aliphatic rings. The molecule has 0 spiro atoms. The van der Waals surface area contributed by atoms with E-state index in [2.05, 4.69) is 11.4 Å². The number of nitrogens with zero attached hydrogens (tertiary/aromatic N) is 1. The van der Waals surface area contributed by atoms with Crippen LogP contribution in [0.2, 0.25) is 0 Å². The van der Waals surface area contributed by atoms with Gasteiger partial charge in [0.05, 0.1) is 19.3 Å². The Hall–Kier alpha value is -0.630. The van der Waals surface area contributed by atoms with Crippen LogP contribution in [-0.4, -0.2) is 40.0 Å².